The number of nitrogens with zero attached hydrogens (tertiary/aromatic N) is 5. The molecule has 2 bridgehead atoms. The number of amides is 1. The van der Waals surface area contributed by atoms with E-state index in [2.05, 4.69) is 50.7 Å². The first-order valence-corrected chi connectivity index (χ1v) is 13.5. The van der Waals surface area contributed by atoms with Crippen LogP contribution in [0.4, 0.5) is 4.39 Å². The summed E-state index contributed by atoms with van der Waals surface area (Å²) in [7, 11) is 0. The molecule has 0 unspecified atom stereocenters. The molecule has 7 nitrogen and oxygen atoms in total. The van der Waals surface area contributed by atoms with Gasteiger partial charge in [0.25, 0.3) is 0 Å². The van der Waals surface area contributed by atoms with E-state index in [0.717, 1.165) is 63.1 Å². The Hall–Kier alpha value is -2.35. The molecule has 1 N–H and O–H groups in total. The number of hydrogen-bond acceptors (Lipinski definition) is 5. The number of aryl methyl sites for hydroxylation is 1. The van der Waals surface area contributed by atoms with Crippen molar-refractivity contribution in [3.05, 3.63) is 41.5 Å². The quantitative estimate of drug-likeness (QED) is 0.545. The summed E-state index contributed by atoms with van der Waals surface area (Å²) in [6.07, 6.45) is 9.50. The van der Waals surface area contributed by atoms with Gasteiger partial charge in [-0.05, 0) is 64.0 Å². The van der Waals surface area contributed by atoms with Crippen LogP contribution in [0.15, 0.2) is 18.2 Å². The summed E-state index contributed by atoms with van der Waals surface area (Å²) in [5, 5.41) is 12.1. The zero-order valence-electron chi connectivity index (χ0n) is 21.3. The molecule has 1 amide bonds. The van der Waals surface area contributed by atoms with Gasteiger partial charge in [-0.25, -0.2) is 4.98 Å². The minimum Gasteiger partial charge on any atom is -0.347 e. The van der Waals surface area contributed by atoms with E-state index in [1.165, 1.54) is 18.9 Å². The molecule has 5 rings (SSSR count). The molecule has 3 fully saturated rings. The largest absolute Gasteiger partial charge is 0.347 e. The van der Waals surface area contributed by atoms with Gasteiger partial charge in [0.05, 0.1) is 11.7 Å². The molecule has 4 heterocycles. The van der Waals surface area contributed by atoms with Crippen LogP contribution in [0.2, 0.25) is 0 Å². The van der Waals surface area contributed by atoms with E-state index in [9.17, 15) is 9.18 Å². The molecule has 3 aliphatic rings. The number of hydrogen-bond donors (Lipinski definition) is 1. The maximum atomic E-state index is 13.9. The molecule has 2 aromatic heterocycles. The van der Waals surface area contributed by atoms with E-state index in [-0.39, 0.29) is 17.9 Å². The molecule has 1 saturated carbocycles. The first-order valence-electron chi connectivity index (χ1n) is 13.5. The second-order valence-electron chi connectivity index (χ2n) is 11.1. The van der Waals surface area contributed by atoms with Crippen molar-refractivity contribution in [1.82, 2.24) is 30.0 Å². The molecule has 0 radical (unpaired) electrons. The molecular weight excluding hydrogens is 443 g/mol. The highest BCUT2D eigenvalue weighted by Gasteiger charge is 2.42. The Bertz CT molecular complexity index is 1020. The second-order valence-corrected chi connectivity index (χ2v) is 11.1. The van der Waals surface area contributed by atoms with Gasteiger partial charge in [0.1, 0.15) is 11.6 Å². The van der Waals surface area contributed by atoms with E-state index in [4.69, 9.17) is 0 Å². The Labute approximate surface area is 207 Å². The van der Waals surface area contributed by atoms with Gasteiger partial charge >= 0.3 is 0 Å². The summed E-state index contributed by atoms with van der Waals surface area (Å²) < 4.78 is 16.3. The summed E-state index contributed by atoms with van der Waals surface area (Å²) in [6, 6.07) is 6.12. The minimum atomic E-state index is -0.492. The van der Waals surface area contributed by atoms with Crippen LogP contribution >= 0.6 is 0 Å². The van der Waals surface area contributed by atoms with E-state index >= 15 is 0 Å². The van der Waals surface area contributed by atoms with Crippen molar-refractivity contribution >= 4 is 5.91 Å². The van der Waals surface area contributed by atoms with Crippen LogP contribution in [-0.2, 0) is 4.79 Å². The lowest BCUT2D eigenvalue weighted by Gasteiger charge is -2.40. The second kappa shape index (κ2) is 10.3. The van der Waals surface area contributed by atoms with Gasteiger partial charge in [0.15, 0.2) is 0 Å². The van der Waals surface area contributed by atoms with E-state index in [0.29, 0.717) is 29.7 Å². The first-order chi connectivity index (χ1) is 16.9. The Morgan fingerprint density at radius 1 is 1.09 bits per heavy atom. The third-order valence-corrected chi connectivity index (χ3v) is 8.45. The number of nitrogens with one attached hydrogen (secondary N) is 1. The Morgan fingerprint density at radius 3 is 2.46 bits per heavy atom. The lowest BCUT2D eigenvalue weighted by molar-refractivity contribution is -0.125. The van der Waals surface area contributed by atoms with E-state index in [1.54, 1.807) is 6.07 Å². The van der Waals surface area contributed by atoms with Crippen molar-refractivity contribution in [2.75, 3.05) is 6.54 Å². The molecule has 4 atom stereocenters. The highest BCUT2D eigenvalue weighted by Crippen LogP contribution is 2.42. The van der Waals surface area contributed by atoms with Crippen LogP contribution in [0.25, 0.3) is 0 Å². The van der Waals surface area contributed by atoms with Crippen LogP contribution in [-0.4, -0.2) is 49.2 Å². The lowest BCUT2D eigenvalue weighted by atomic mass is 9.95. The van der Waals surface area contributed by atoms with Crippen molar-refractivity contribution in [3.8, 4) is 0 Å². The molecule has 35 heavy (non-hydrogen) atoms. The number of halogens is 1. The fourth-order valence-electron chi connectivity index (χ4n) is 6.72. The SMILES string of the molecule is Cc1nnc(C(C)C)n1[C@@H]1C[C@H]2CC[C@@H](C1)N2CC[C@H](NC(=O)C1CCCC1)c1cccc(F)n1. The van der Waals surface area contributed by atoms with Gasteiger partial charge in [-0.1, -0.05) is 32.8 Å². The fraction of sp³-hybridized carbons (Fsp3) is 0.704. The van der Waals surface area contributed by atoms with E-state index < -0.39 is 5.95 Å². The number of aromatic nitrogens is 4. The lowest BCUT2D eigenvalue weighted by Crippen LogP contribution is -2.45. The van der Waals surface area contributed by atoms with Crippen LogP contribution in [0, 0.1) is 18.8 Å². The number of carbonyl (C=O) groups is 1. The smallest absolute Gasteiger partial charge is 0.223 e. The van der Waals surface area contributed by atoms with E-state index in [1.807, 2.05) is 6.07 Å². The predicted molar refractivity (Wildman–Crippen MR) is 132 cm³/mol. The highest BCUT2D eigenvalue weighted by molar-refractivity contribution is 5.79. The summed E-state index contributed by atoms with van der Waals surface area (Å²) in [4.78, 5) is 19.7. The average Bonchev–Trinajstić information content (AvgIpc) is 3.55. The topological polar surface area (TPSA) is 75.9 Å². The minimum absolute atomic E-state index is 0.0835. The van der Waals surface area contributed by atoms with Gasteiger partial charge in [-0.15, -0.1) is 10.2 Å². The third-order valence-electron chi connectivity index (χ3n) is 8.45. The Balaban J connectivity index is 1.27. The van der Waals surface area contributed by atoms with Crippen LogP contribution in [0.1, 0.15) is 107 Å². The maximum Gasteiger partial charge on any atom is 0.223 e. The van der Waals surface area contributed by atoms with Crippen molar-refractivity contribution in [1.29, 1.82) is 0 Å². The van der Waals surface area contributed by atoms with Crippen molar-refractivity contribution < 1.29 is 9.18 Å². The zero-order valence-corrected chi connectivity index (χ0v) is 21.3. The number of carbonyl (C=O) groups excluding carboxylic acids is 1. The summed E-state index contributed by atoms with van der Waals surface area (Å²) in [5.41, 5.74) is 0.625. The Morgan fingerprint density at radius 2 is 1.80 bits per heavy atom. The molecule has 0 aromatic carbocycles. The van der Waals surface area contributed by atoms with Crippen molar-refractivity contribution in [2.24, 2.45) is 5.92 Å². The van der Waals surface area contributed by atoms with Gasteiger partial charge < -0.3 is 9.88 Å². The van der Waals surface area contributed by atoms with Gasteiger partial charge in [0, 0.05) is 36.5 Å². The molecule has 2 saturated heterocycles. The monoisotopic (exact) mass is 482 g/mol. The Kier molecular flexibility index (Phi) is 7.19. The fourth-order valence-corrected chi connectivity index (χ4v) is 6.72. The third kappa shape index (κ3) is 5.13. The van der Waals surface area contributed by atoms with Crippen LogP contribution in [0.3, 0.4) is 0 Å². The van der Waals surface area contributed by atoms with Crippen molar-refractivity contribution in [3.63, 3.8) is 0 Å². The van der Waals surface area contributed by atoms with Gasteiger partial charge in [-0.3, -0.25) is 9.69 Å². The molecule has 1 aliphatic carbocycles. The molecule has 2 aliphatic heterocycles. The van der Waals surface area contributed by atoms with Gasteiger partial charge in [0.2, 0.25) is 11.9 Å². The molecular formula is C27H39FN6O. The van der Waals surface area contributed by atoms with Crippen molar-refractivity contribution in [2.45, 2.75) is 109 Å². The van der Waals surface area contributed by atoms with Crippen LogP contribution in [0.5, 0.6) is 0 Å². The first kappa shape index (κ1) is 24.3. The zero-order chi connectivity index (χ0) is 24.5. The highest BCUT2D eigenvalue weighted by atomic mass is 19.1. The molecule has 2 aromatic rings. The number of rotatable bonds is 8. The summed E-state index contributed by atoms with van der Waals surface area (Å²) in [5.74, 6) is 2.15. The average molecular weight is 483 g/mol. The summed E-state index contributed by atoms with van der Waals surface area (Å²) >= 11 is 0. The predicted octanol–water partition coefficient (Wildman–Crippen LogP) is 4.85. The standard InChI is InChI=1S/C27H39FN6O/c1-17(2)26-32-31-18(3)34(26)22-15-20-11-12-21(16-22)33(20)14-13-24(23-9-6-10-25(28)29-23)30-27(35)19-7-4-5-8-19/h6,9-10,17,19-22,24H,4-5,7-8,11-16H2,1-3H3,(H,30,35)/t20-,21+,22-,24-/m0/s1. The van der Waals surface area contributed by atoms with Crippen LogP contribution < -0.4 is 5.32 Å². The number of fused-ring (bicyclic) bond motifs is 2. The molecule has 8 heteroatoms. The number of piperidine rings is 1. The molecule has 0 spiro atoms. The number of pyridine rings is 1. The maximum absolute atomic E-state index is 13.9. The summed E-state index contributed by atoms with van der Waals surface area (Å²) in [6.45, 7) is 7.32. The molecule has 190 valence electrons. The normalized spacial score (nSPS) is 25.9. The van der Waals surface area contributed by atoms with Gasteiger partial charge in [-0.2, -0.15) is 4.39 Å².